The van der Waals surface area contributed by atoms with Gasteiger partial charge in [-0.2, -0.15) is 0 Å². The molecule has 0 spiro atoms. The van der Waals surface area contributed by atoms with E-state index < -0.39 is 0 Å². The second kappa shape index (κ2) is 5.80. The minimum absolute atomic E-state index is 0.428. The highest BCUT2D eigenvalue weighted by atomic mass is 16.1. The second-order valence-electron chi connectivity index (χ2n) is 4.51. The van der Waals surface area contributed by atoms with E-state index in [2.05, 4.69) is 29.2 Å². The first kappa shape index (κ1) is 11.3. The summed E-state index contributed by atoms with van der Waals surface area (Å²) in [6, 6.07) is 10.5. The molecule has 0 unspecified atom stereocenters. The number of nitrogens with zero attached hydrogens (tertiary/aromatic N) is 1. The number of ketones is 1. The fraction of sp³-hybridized carbons (Fsp3) is 0.500. The highest BCUT2D eigenvalue weighted by molar-refractivity contribution is 5.78. The molecule has 0 amide bonds. The summed E-state index contributed by atoms with van der Waals surface area (Å²) in [4.78, 5) is 13.8. The zero-order valence-electron chi connectivity index (χ0n) is 9.69. The smallest absolute Gasteiger partial charge is 0.134 e. The Labute approximate surface area is 97.3 Å². The van der Waals surface area contributed by atoms with E-state index in [4.69, 9.17) is 0 Å². The molecular formula is C14H19NO. The van der Waals surface area contributed by atoms with Crippen molar-refractivity contribution in [1.29, 1.82) is 0 Å². The van der Waals surface area contributed by atoms with Gasteiger partial charge in [-0.3, -0.25) is 9.69 Å². The summed E-state index contributed by atoms with van der Waals surface area (Å²) in [7, 11) is 0. The van der Waals surface area contributed by atoms with Crippen LogP contribution in [0.25, 0.3) is 0 Å². The lowest BCUT2D eigenvalue weighted by Crippen LogP contribution is -2.29. The Morgan fingerprint density at radius 1 is 1.00 bits per heavy atom. The average Bonchev–Trinajstić information content (AvgIpc) is 2.30. The predicted molar refractivity (Wildman–Crippen MR) is 65.2 cm³/mol. The predicted octanol–water partition coefficient (Wildman–Crippen LogP) is 2.63. The minimum atomic E-state index is 0.428. The van der Waals surface area contributed by atoms with Crippen molar-refractivity contribution >= 4 is 5.78 Å². The van der Waals surface area contributed by atoms with E-state index in [0.29, 0.717) is 5.78 Å². The van der Waals surface area contributed by atoms with Crippen LogP contribution in [-0.4, -0.2) is 23.8 Å². The Bertz CT molecular complexity index is 334. The summed E-state index contributed by atoms with van der Waals surface area (Å²) in [5.74, 6) is 0.428. The quantitative estimate of drug-likeness (QED) is 0.759. The van der Waals surface area contributed by atoms with Gasteiger partial charge >= 0.3 is 0 Å². The number of carbonyl (C=O) groups is 1. The lowest BCUT2D eigenvalue weighted by molar-refractivity contribution is -0.119. The number of hydrogen-bond donors (Lipinski definition) is 0. The third kappa shape index (κ3) is 3.46. The van der Waals surface area contributed by atoms with Crippen LogP contribution >= 0.6 is 0 Å². The van der Waals surface area contributed by atoms with Crippen molar-refractivity contribution < 1.29 is 4.79 Å². The number of Topliss-reactive ketones (excluding diaryl/α,β-unsaturated/α-hetero) is 1. The van der Waals surface area contributed by atoms with Crippen LogP contribution < -0.4 is 0 Å². The third-order valence-corrected chi connectivity index (χ3v) is 3.14. The van der Waals surface area contributed by atoms with E-state index in [0.717, 1.165) is 45.3 Å². The summed E-state index contributed by atoms with van der Waals surface area (Å²) in [6.45, 7) is 3.03. The largest absolute Gasteiger partial charge is 0.300 e. The molecule has 2 rings (SSSR count). The van der Waals surface area contributed by atoms with Gasteiger partial charge in [0.2, 0.25) is 0 Å². The normalized spacial score (nSPS) is 19.1. The van der Waals surface area contributed by atoms with Crippen molar-refractivity contribution in [1.82, 2.24) is 4.90 Å². The van der Waals surface area contributed by atoms with E-state index in [9.17, 15) is 4.79 Å². The Balaban J connectivity index is 1.90. The van der Waals surface area contributed by atoms with E-state index in [1.807, 2.05) is 6.07 Å². The van der Waals surface area contributed by atoms with Crippen LogP contribution in [0.1, 0.15) is 31.2 Å². The van der Waals surface area contributed by atoms with E-state index in [1.165, 1.54) is 5.56 Å². The van der Waals surface area contributed by atoms with Crippen molar-refractivity contribution in [3.63, 3.8) is 0 Å². The molecule has 1 aliphatic rings. The van der Waals surface area contributed by atoms with Crippen molar-refractivity contribution in [2.75, 3.05) is 13.1 Å². The van der Waals surface area contributed by atoms with Gasteiger partial charge in [-0.25, -0.2) is 0 Å². The lowest BCUT2D eigenvalue weighted by Gasteiger charge is -2.24. The molecule has 0 aromatic heterocycles. The fourth-order valence-corrected chi connectivity index (χ4v) is 2.18. The van der Waals surface area contributed by atoms with Gasteiger partial charge in [-0.05, 0) is 24.9 Å². The summed E-state index contributed by atoms with van der Waals surface area (Å²) < 4.78 is 0. The molecule has 1 heterocycles. The highest BCUT2D eigenvalue weighted by Gasteiger charge is 2.12. The first-order chi connectivity index (χ1) is 7.84. The van der Waals surface area contributed by atoms with Gasteiger partial charge in [0.15, 0.2) is 0 Å². The molecule has 2 nitrogen and oxygen atoms in total. The number of hydrogen-bond acceptors (Lipinski definition) is 2. The second-order valence-corrected chi connectivity index (χ2v) is 4.51. The molecule has 0 aliphatic carbocycles. The maximum Gasteiger partial charge on any atom is 0.134 e. The highest BCUT2D eigenvalue weighted by Crippen LogP contribution is 2.11. The van der Waals surface area contributed by atoms with Gasteiger partial charge in [0.25, 0.3) is 0 Å². The van der Waals surface area contributed by atoms with Crippen LogP contribution in [0.5, 0.6) is 0 Å². The number of benzene rings is 1. The maximum absolute atomic E-state index is 11.4. The van der Waals surface area contributed by atoms with Crippen molar-refractivity contribution in [3.8, 4) is 0 Å². The molecule has 1 fully saturated rings. The standard InChI is InChI=1S/C14H19NO/c16-14-8-4-5-10-15(11-9-14)12-13-6-2-1-3-7-13/h1-3,6-7H,4-5,8-12H2. The molecule has 1 aliphatic heterocycles. The molecule has 0 bridgehead atoms. The Morgan fingerprint density at radius 3 is 2.62 bits per heavy atom. The molecule has 1 aromatic rings. The SMILES string of the molecule is O=C1CCCCN(Cc2ccccc2)CC1. The third-order valence-electron chi connectivity index (χ3n) is 3.14. The van der Waals surface area contributed by atoms with Gasteiger partial charge in [0, 0.05) is 25.9 Å². The molecule has 1 saturated heterocycles. The first-order valence-electron chi connectivity index (χ1n) is 6.12. The molecule has 0 radical (unpaired) electrons. The number of likely N-dealkylation sites (tertiary alicyclic amines) is 1. The van der Waals surface area contributed by atoms with Crippen molar-refractivity contribution in [2.24, 2.45) is 0 Å². The summed E-state index contributed by atoms with van der Waals surface area (Å²) in [5, 5.41) is 0. The van der Waals surface area contributed by atoms with Gasteiger partial charge in [-0.1, -0.05) is 30.3 Å². The zero-order valence-corrected chi connectivity index (χ0v) is 9.69. The van der Waals surface area contributed by atoms with E-state index in [1.54, 1.807) is 0 Å². The minimum Gasteiger partial charge on any atom is -0.300 e. The van der Waals surface area contributed by atoms with Gasteiger partial charge < -0.3 is 0 Å². The zero-order chi connectivity index (χ0) is 11.2. The van der Waals surface area contributed by atoms with E-state index in [-0.39, 0.29) is 0 Å². The molecule has 1 aromatic carbocycles. The molecule has 0 N–H and O–H groups in total. The van der Waals surface area contributed by atoms with Crippen LogP contribution in [0.3, 0.4) is 0 Å². The molecular weight excluding hydrogens is 198 g/mol. The van der Waals surface area contributed by atoms with Crippen LogP contribution in [0, 0.1) is 0 Å². The van der Waals surface area contributed by atoms with Crippen molar-refractivity contribution in [2.45, 2.75) is 32.2 Å². The molecule has 2 heteroatoms. The Hall–Kier alpha value is -1.15. The monoisotopic (exact) mass is 217 g/mol. The van der Waals surface area contributed by atoms with Crippen LogP contribution in [0.2, 0.25) is 0 Å². The van der Waals surface area contributed by atoms with Gasteiger partial charge in [-0.15, -0.1) is 0 Å². The molecule has 0 saturated carbocycles. The topological polar surface area (TPSA) is 20.3 Å². The number of rotatable bonds is 2. The van der Waals surface area contributed by atoms with Crippen LogP contribution in [0.4, 0.5) is 0 Å². The Morgan fingerprint density at radius 2 is 1.81 bits per heavy atom. The summed E-state index contributed by atoms with van der Waals surface area (Å²) in [5.41, 5.74) is 1.34. The number of carbonyl (C=O) groups excluding carboxylic acids is 1. The van der Waals surface area contributed by atoms with Gasteiger partial charge in [0.05, 0.1) is 0 Å². The molecule has 86 valence electrons. The Kier molecular flexibility index (Phi) is 4.11. The van der Waals surface area contributed by atoms with Crippen LogP contribution in [-0.2, 0) is 11.3 Å². The lowest BCUT2D eigenvalue weighted by atomic mass is 10.1. The van der Waals surface area contributed by atoms with E-state index >= 15 is 0 Å². The first-order valence-corrected chi connectivity index (χ1v) is 6.12. The molecule has 0 atom stereocenters. The van der Waals surface area contributed by atoms with Gasteiger partial charge in [0.1, 0.15) is 5.78 Å². The summed E-state index contributed by atoms with van der Waals surface area (Å²) in [6.07, 6.45) is 3.73. The van der Waals surface area contributed by atoms with Crippen LogP contribution in [0.15, 0.2) is 30.3 Å². The average molecular weight is 217 g/mol. The maximum atomic E-state index is 11.4. The van der Waals surface area contributed by atoms with Crippen molar-refractivity contribution in [3.05, 3.63) is 35.9 Å². The molecule has 16 heavy (non-hydrogen) atoms. The fourth-order valence-electron chi connectivity index (χ4n) is 2.18. The summed E-state index contributed by atoms with van der Waals surface area (Å²) >= 11 is 0.